The lowest BCUT2D eigenvalue weighted by Crippen LogP contribution is -2.58. The first kappa shape index (κ1) is 12.3. The summed E-state index contributed by atoms with van der Waals surface area (Å²) in [6, 6.07) is 0. The average Bonchev–Trinajstić information content (AvgIpc) is 3.13. The quantitative estimate of drug-likeness (QED) is 0.712. The maximum Gasteiger partial charge on any atom is 0.329 e. The van der Waals surface area contributed by atoms with Crippen LogP contribution in [-0.4, -0.2) is 48.4 Å². The number of nitrogens with one attached hydrogen (secondary N) is 1. The molecule has 2 fully saturated rings. The molecule has 2 N–H and O–H groups in total. The van der Waals surface area contributed by atoms with E-state index in [-0.39, 0.29) is 12.5 Å². The van der Waals surface area contributed by atoms with Gasteiger partial charge in [-0.05, 0) is 25.7 Å². The highest BCUT2D eigenvalue weighted by Crippen LogP contribution is 2.39. The van der Waals surface area contributed by atoms with E-state index in [9.17, 15) is 14.7 Å². The first-order chi connectivity index (χ1) is 8.04. The second kappa shape index (κ2) is 4.62. The van der Waals surface area contributed by atoms with Crippen LogP contribution in [-0.2, 0) is 19.1 Å². The maximum absolute atomic E-state index is 11.9. The number of carbonyl (C=O) groups excluding carboxylic acids is 1. The van der Waals surface area contributed by atoms with Crippen LogP contribution < -0.4 is 5.32 Å². The first-order valence-corrected chi connectivity index (χ1v) is 5.79. The fraction of sp³-hybridized carbons (Fsp3) is 0.818. The summed E-state index contributed by atoms with van der Waals surface area (Å²) < 4.78 is 10.4. The van der Waals surface area contributed by atoms with Crippen LogP contribution in [0.15, 0.2) is 0 Å². The van der Waals surface area contributed by atoms with E-state index in [0.717, 1.165) is 12.8 Å². The van der Waals surface area contributed by atoms with Gasteiger partial charge in [-0.2, -0.15) is 0 Å². The van der Waals surface area contributed by atoms with Crippen molar-refractivity contribution in [2.75, 3.05) is 19.8 Å². The highest BCUT2D eigenvalue weighted by molar-refractivity contribution is 5.89. The minimum absolute atomic E-state index is 0.0217. The third-order valence-corrected chi connectivity index (χ3v) is 3.33. The Balaban J connectivity index is 1.97. The molecule has 96 valence electrons. The summed E-state index contributed by atoms with van der Waals surface area (Å²) in [5.41, 5.74) is -1.18. The van der Waals surface area contributed by atoms with Crippen LogP contribution in [0.4, 0.5) is 0 Å². The molecule has 6 nitrogen and oxygen atoms in total. The summed E-state index contributed by atoms with van der Waals surface area (Å²) in [5, 5.41) is 11.8. The van der Waals surface area contributed by atoms with E-state index < -0.39 is 23.5 Å². The molecular weight excluding hydrogens is 226 g/mol. The summed E-state index contributed by atoms with van der Waals surface area (Å²) in [5.74, 6) is -1.37. The fourth-order valence-corrected chi connectivity index (χ4v) is 1.97. The van der Waals surface area contributed by atoms with Gasteiger partial charge in [-0.1, -0.05) is 0 Å². The summed E-state index contributed by atoms with van der Waals surface area (Å²) in [4.78, 5) is 23.1. The minimum atomic E-state index is -1.18. The van der Waals surface area contributed by atoms with Crippen molar-refractivity contribution >= 4 is 11.9 Å². The van der Waals surface area contributed by atoms with Crippen molar-refractivity contribution in [2.24, 2.45) is 5.92 Å². The van der Waals surface area contributed by atoms with E-state index >= 15 is 0 Å². The molecule has 1 heterocycles. The Morgan fingerprint density at radius 1 is 1.35 bits per heavy atom. The molecule has 6 heteroatoms. The molecule has 1 saturated carbocycles. The van der Waals surface area contributed by atoms with Crippen LogP contribution in [0.1, 0.15) is 19.8 Å². The second-order valence-electron chi connectivity index (χ2n) is 4.71. The molecule has 2 atom stereocenters. The molecule has 1 saturated heterocycles. The van der Waals surface area contributed by atoms with Crippen LogP contribution in [0.3, 0.4) is 0 Å². The van der Waals surface area contributed by atoms with Gasteiger partial charge in [0.2, 0.25) is 0 Å². The molecule has 0 spiro atoms. The lowest BCUT2D eigenvalue weighted by molar-refractivity contribution is -0.156. The number of hydrogen-bond donors (Lipinski definition) is 2. The zero-order valence-corrected chi connectivity index (χ0v) is 9.77. The standard InChI is InChI=1S/C11H17NO5/c1-11(10(14)15,7-2-3-7)12-9(13)8-6-16-4-5-17-8/h7-8H,2-6H2,1H3,(H,12,13)(H,14,15)/t8-,11+/m0/s1. The van der Waals surface area contributed by atoms with Gasteiger partial charge in [0.25, 0.3) is 5.91 Å². The van der Waals surface area contributed by atoms with Gasteiger partial charge in [0.05, 0.1) is 19.8 Å². The fourth-order valence-electron chi connectivity index (χ4n) is 1.97. The third kappa shape index (κ3) is 2.58. The van der Waals surface area contributed by atoms with Gasteiger partial charge in [-0.15, -0.1) is 0 Å². The summed E-state index contributed by atoms with van der Waals surface area (Å²) >= 11 is 0. The SMILES string of the molecule is C[C@](NC(=O)[C@@H]1COCCO1)(C(=O)O)C1CC1. The molecule has 0 aromatic heterocycles. The molecule has 17 heavy (non-hydrogen) atoms. The summed E-state index contributed by atoms with van der Waals surface area (Å²) in [7, 11) is 0. The Kier molecular flexibility index (Phi) is 3.35. The normalized spacial score (nSPS) is 28.2. The summed E-state index contributed by atoms with van der Waals surface area (Å²) in [6.07, 6.45) is 0.983. The van der Waals surface area contributed by atoms with Gasteiger partial charge in [0.1, 0.15) is 5.54 Å². The minimum Gasteiger partial charge on any atom is -0.480 e. The molecule has 0 aromatic carbocycles. The molecule has 0 aromatic rings. The zero-order chi connectivity index (χ0) is 12.5. The lowest BCUT2D eigenvalue weighted by atomic mass is 9.95. The highest BCUT2D eigenvalue weighted by atomic mass is 16.6. The van der Waals surface area contributed by atoms with Gasteiger partial charge < -0.3 is 19.9 Å². The molecule has 2 rings (SSSR count). The van der Waals surface area contributed by atoms with Crippen molar-refractivity contribution in [3.63, 3.8) is 0 Å². The van der Waals surface area contributed by atoms with Gasteiger partial charge in [0, 0.05) is 0 Å². The first-order valence-electron chi connectivity index (χ1n) is 5.79. The van der Waals surface area contributed by atoms with Crippen LogP contribution in [0.2, 0.25) is 0 Å². The van der Waals surface area contributed by atoms with Gasteiger partial charge in [-0.3, -0.25) is 4.79 Å². The Hall–Kier alpha value is -1.14. The lowest BCUT2D eigenvalue weighted by Gasteiger charge is -2.29. The van der Waals surface area contributed by atoms with Gasteiger partial charge in [0.15, 0.2) is 6.10 Å². The van der Waals surface area contributed by atoms with Crippen molar-refractivity contribution in [2.45, 2.75) is 31.4 Å². The maximum atomic E-state index is 11.9. The second-order valence-corrected chi connectivity index (χ2v) is 4.71. The number of hydrogen-bond acceptors (Lipinski definition) is 4. The van der Waals surface area contributed by atoms with Crippen LogP contribution in [0.5, 0.6) is 0 Å². The Bertz CT molecular complexity index is 322. The van der Waals surface area contributed by atoms with E-state index in [1.807, 2.05) is 0 Å². The molecule has 2 aliphatic rings. The summed E-state index contributed by atoms with van der Waals surface area (Å²) in [6.45, 7) is 2.58. The van der Waals surface area contributed by atoms with Gasteiger partial charge in [-0.25, -0.2) is 4.79 Å². The van der Waals surface area contributed by atoms with Gasteiger partial charge >= 0.3 is 5.97 Å². The Labute approximate surface area is 99.3 Å². The van der Waals surface area contributed by atoms with Crippen molar-refractivity contribution < 1.29 is 24.2 Å². The van der Waals surface area contributed by atoms with Crippen molar-refractivity contribution in [3.05, 3.63) is 0 Å². The zero-order valence-electron chi connectivity index (χ0n) is 9.77. The number of carboxylic acids is 1. The van der Waals surface area contributed by atoms with Crippen molar-refractivity contribution in [1.29, 1.82) is 0 Å². The molecule has 1 aliphatic carbocycles. The van der Waals surface area contributed by atoms with E-state index in [1.165, 1.54) is 0 Å². The van der Waals surface area contributed by atoms with Crippen LogP contribution in [0, 0.1) is 5.92 Å². The topological polar surface area (TPSA) is 84.9 Å². The average molecular weight is 243 g/mol. The number of carboxylic acid groups (broad SMARTS) is 1. The number of carbonyl (C=O) groups is 2. The molecule has 0 unspecified atom stereocenters. The highest BCUT2D eigenvalue weighted by Gasteiger charge is 2.49. The number of ether oxygens (including phenoxy) is 2. The Morgan fingerprint density at radius 3 is 2.53 bits per heavy atom. The molecule has 1 amide bonds. The van der Waals surface area contributed by atoms with E-state index in [4.69, 9.17) is 9.47 Å². The third-order valence-electron chi connectivity index (χ3n) is 3.33. The number of aliphatic carboxylic acids is 1. The Morgan fingerprint density at radius 2 is 2.06 bits per heavy atom. The monoisotopic (exact) mass is 243 g/mol. The van der Waals surface area contributed by atoms with Crippen LogP contribution in [0.25, 0.3) is 0 Å². The molecule has 0 radical (unpaired) electrons. The molecule has 0 bridgehead atoms. The number of rotatable bonds is 4. The van der Waals surface area contributed by atoms with Crippen molar-refractivity contribution in [1.82, 2.24) is 5.32 Å². The van der Waals surface area contributed by atoms with E-state index in [0.29, 0.717) is 13.2 Å². The predicted molar refractivity (Wildman–Crippen MR) is 57.5 cm³/mol. The smallest absolute Gasteiger partial charge is 0.329 e. The van der Waals surface area contributed by atoms with Crippen molar-refractivity contribution in [3.8, 4) is 0 Å². The van der Waals surface area contributed by atoms with Crippen LogP contribution >= 0.6 is 0 Å². The molecule has 1 aliphatic heterocycles. The molecular formula is C11H17NO5. The predicted octanol–water partition coefficient (Wildman–Crippen LogP) is -0.229. The largest absolute Gasteiger partial charge is 0.480 e. The number of amides is 1. The van der Waals surface area contributed by atoms with E-state index in [1.54, 1.807) is 6.92 Å². The van der Waals surface area contributed by atoms with E-state index in [2.05, 4.69) is 5.32 Å².